The van der Waals surface area contributed by atoms with Crippen LogP contribution in [0.1, 0.15) is 52.7 Å². The second-order valence-corrected chi connectivity index (χ2v) is 37.3. The third kappa shape index (κ3) is 11.8. The first-order chi connectivity index (χ1) is 63.4. The number of anilines is 9. The number of hydrogen-bond donors (Lipinski definition) is 0. The standard InChI is InChI=1S/C122H89B2N5/c1-121(2,3)84-71-111-116-114(74-84)129(119-91(82-47-21-11-22-48-82)62-37-63-92(119)83-49-23-12-24-50-83)110-76-103-109(77-104(110)124(116)102-65-38-64-100-96-54-28-26-52-94(96)93-51-25-27-53-95(93)97-55-29-34-68-107(97)126(111)120(100)102)128(118-89(80-43-17-9-18-44-80)60-36-61-90(118)81-45-19-10-20-46-81)113-73-85(122(4,5)6)72-112-115(113)123(103)101-70-69-86(125-105-66-32-30-56-98(105)99-57-31-33-67-106(99)125)75-108(101)127(112)117-87(78-39-13-7-14-40-78)58-35-59-88(117)79-41-15-8-16-42-79/h7-77H,1-6H3. The molecule has 25 rings (SSSR count). The fraction of sp³-hybridized carbons (Fsp3) is 0.0656. The third-order valence-corrected chi connectivity index (χ3v) is 28.0. The number of aromatic nitrogens is 2. The van der Waals surface area contributed by atoms with E-state index in [2.05, 4.69) is 496 Å². The summed E-state index contributed by atoms with van der Waals surface area (Å²) >= 11 is 0. The molecule has 0 aliphatic carbocycles. The minimum absolute atomic E-state index is 0.355. The molecule has 0 radical (unpaired) electrons. The van der Waals surface area contributed by atoms with E-state index in [4.69, 9.17) is 0 Å². The summed E-state index contributed by atoms with van der Waals surface area (Å²) in [6.45, 7) is 13.7. The summed E-state index contributed by atoms with van der Waals surface area (Å²) in [4.78, 5) is 8.31. The van der Waals surface area contributed by atoms with Gasteiger partial charge in [0.15, 0.2) is 0 Å². The lowest BCUT2D eigenvalue weighted by Crippen LogP contribution is -2.64. The minimum Gasteiger partial charge on any atom is -0.310 e. The van der Waals surface area contributed by atoms with Gasteiger partial charge in [0.25, 0.3) is 13.4 Å². The van der Waals surface area contributed by atoms with E-state index in [0.717, 1.165) is 146 Å². The zero-order valence-electron chi connectivity index (χ0n) is 72.9. The lowest BCUT2D eigenvalue weighted by Gasteiger charge is -2.48. The molecule has 21 aromatic rings. The van der Waals surface area contributed by atoms with Crippen LogP contribution in [0.5, 0.6) is 0 Å². The predicted molar refractivity (Wildman–Crippen MR) is 551 cm³/mol. The van der Waals surface area contributed by atoms with Crippen molar-refractivity contribution in [2.45, 2.75) is 52.4 Å². The van der Waals surface area contributed by atoms with Crippen LogP contribution in [0.15, 0.2) is 431 Å². The van der Waals surface area contributed by atoms with Gasteiger partial charge in [0.2, 0.25) is 0 Å². The molecule has 0 saturated carbocycles. The van der Waals surface area contributed by atoms with Crippen molar-refractivity contribution in [3.63, 3.8) is 0 Å². The Morgan fingerprint density at radius 1 is 0.194 bits per heavy atom. The number of nitrogens with zero attached hydrogens (tertiary/aromatic N) is 5. The van der Waals surface area contributed by atoms with Crippen molar-refractivity contribution >= 4 is 163 Å². The van der Waals surface area contributed by atoms with E-state index in [1.54, 1.807) is 0 Å². The molecular weight excluding hydrogens is 1560 g/mol. The number of para-hydroxylation sites is 7. The highest BCUT2D eigenvalue weighted by molar-refractivity contribution is 7.02. The second-order valence-electron chi connectivity index (χ2n) is 37.3. The lowest BCUT2D eigenvalue weighted by molar-refractivity contribution is 0.590. The zero-order valence-corrected chi connectivity index (χ0v) is 72.9. The first-order valence-electron chi connectivity index (χ1n) is 45.4. The van der Waals surface area contributed by atoms with Crippen molar-refractivity contribution in [2.24, 2.45) is 0 Å². The van der Waals surface area contributed by atoms with E-state index >= 15 is 0 Å². The molecule has 129 heavy (non-hydrogen) atoms. The summed E-state index contributed by atoms with van der Waals surface area (Å²) in [7, 11) is 0. The number of hydrogen-bond acceptors (Lipinski definition) is 3. The largest absolute Gasteiger partial charge is 0.310 e. The van der Waals surface area contributed by atoms with E-state index in [9.17, 15) is 0 Å². The Morgan fingerprint density at radius 2 is 0.465 bits per heavy atom. The maximum Gasteiger partial charge on any atom is 0.252 e. The summed E-state index contributed by atoms with van der Waals surface area (Å²) in [6, 6.07) is 165. The SMILES string of the molecule is CC(C)(C)c1cc2c3c(c1)N(c1c(-c4ccccc4)cccc1-c1ccccc1)c1cc4c(cc1B3c1ccc(-n3c5ccccc5c5ccccc53)cc1N2c1c(-c2ccccc2)cccc1-c1ccccc1)N(c1c(-c2ccccc2)cccc1-c1ccccc1)c1cc(C(C)(C)C)cc2c1B4c1cccc3c4ccccc4c4ccccc4c4ccccc4n-2c13. The van der Waals surface area contributed by atoms with E-state index in [0.29, 0.717) is 0 Å². The van der Waals surface area contributed by atoms with Crippen LogP contribution < -0.4 is 47.5 Å². The van der Waals surface area contributed by atoms with Crippen LogP contribution in [0.3, 0.4) is 0 Å². The highest BCUT2D eigenvalue weighted by Gasteiger charge is 2.50. The summed E-state index contributed by atoms with van der Waals surface area (Å²) in [5, 5.41) is 9.56. The van der Waals surface area contributed by atoms with Crippen LogP contribution in [0.25, 0.3) is 143 Å². The molecule has 4 aliphatic rings. The van der Waals surface area contributed by atoms with E-state index in [-0.39, 0.29) is 12.1 Å². The van der Waals surface area contributed by atoms with Crippen LogP contribution in [0, 0.1) is 0 Å². The van der Waals surface area contributed by atoms with Crippen LogP contribution >= 0.6 is 0 Å². The normalized spacial score (nSPS) is 13.0. The molecule has 0 unspecified atom stereocenters. The first kappa shape index (κ1) is 75.8. The van der Waals surface area contributed by atoms with Gasteiger partial charge < -0.3 is 23.8 Å². The van der Waals surface area contributed by atoms with E-state index < -0.39 is 12.1 Å². The molecule has 0 bridgehead atoms. The van der Waals surface area contributed by atoms with Gasteiger partial charge in [-0.3, -0.25) is 0 Å². The Labute approximate surface area is 753 Å². The molecule has 0 N–H and O–H groups in total. The van der Waals surface area contributed by atoms with Gasteiger partial charge in [-0.05, 0) is 176 Å². The Bertz CT molecular complexity index is 8040. The van der Waals surface area contributed by atoms with Gasteiger partial charge in [0, 0.05) is 106 Å². The monoisotopic (exact) mass is 1650 g/mol. The summed E-state index contributed by atoms with van der Waals surface area (Å²) in [5.74, 6) is 0. The average Bonchev–Trinajstić information content (AvgIpc) is 1.22. The van der Waals surface area contributed by atoms with Crippen molar-refractivity contribution in [1.29, 1.82) is 0 Å². The molecule has 0 spiro atoms. The third-order valence-electron chi connectivity index (χ3n) is 28.0. The van der Waals surface area contributed by atoms with E-state index in [1.165, 1.54) is 92.5 Å². The maximum atomic E-state index is 2.79. The van der Waals surface area contributed by atoms with E-state index in [1.807, 2.05) is 0 Å². The Balaban J connectivity index is 0.907. The number of rotatable bonds is 10. The fourth-order valence-corrected chi connectivity index (χ4v) is 22.2. The highest BCUT2D eigenvalue weighted by Crippen LogP contribution is 2.57. The Kier molecular flexibility index (Phi) is 17.3. The van der Waals surface area contributed by atoms with Crippen molar-refractivity contribution < 1.29 is 0 Å². The van der Waals surface area contributed by atoms with Gasteiger partial charge in [-0.1, -0.05) is 406 Å². The minimum atomic E-state index is -0.401. The molecule has 19 aromatic carbocycles. The highest BCUT2D eigenvalue weighted by atomic mass is 15.2. The quantitative estimate of drug-likeness (QED) is 0.127. The average molecular weight is 1650 g/mol. The zero-order chi connectivity index (χ0) is 86.1. The topological polar surface area (TPSA) is 19.6 Å². The molecule has 7 heteroatoms. The van der Waals surface area contributed by atoms with Crippen molar-refractivity contribution in [3.05, 3.63) is 442 Å². The lowest BCUT2D eigenvalue weighted by atomic mass is 9.31. The maximum absolute atomic E-state index is 2.79. The molecule has 6 heterocycles. The van der Waals surface area contributed by atoms with Crippen molar-refractivity contribution in [2.75, 3.05) is 14.7 Å². The Morgan fingerprint density at radius 3 is 0.829 bits per heavy atom. The molecule has 0 fully saturated rings. The predicted octanol–water partition coefficient (Wildman–Crippen LogP) is 28.6. The van der Waals surface area contributed by atoms with Crippen molar-refractivity contribution in [1.82, 2.24) is 9.13 Å². The van der Waals surface area contributed by atoms with Gasteiger partial charge in [-0.25, -0.2) is 0 Å². The Hall–Kier alpha value is -15.7. The van der Waals surface area contributed by atoms with Crippen molar-refractivity contribution in [3.8, 4) is 78.1 Å². The van der Waals surface area contributed by atoms with Gasteiger partial charge in [-0.2, -0.15) is 0 Å². The van der Waals surface area contributed by atoms with Gasteiger partial charge in [0.1, 0.15) is 0 Å². The molecule has 0 amide bonds. The molecule has 4 aliphatic heterocycles. The van der Waals surface area contributed by atoms with Gasteiger partial charge in [0.05, 0.1) is 33.6 Å². The first-order valence-corrected chi connectivity index (χ1v) is 45.4. The van der Waals surface area contributed by atoms with Gasteiger partial charge in [-0.15, -0.1) is 0 Å². The fourth-order valence-electron chi connectivity index (χ4n) is 22.2. The summed E-state index contributed by atoms with van der Waals surface area (Å²) in [5.41, 5.74) is 39.4. The van der Waals surface area contributed by atoms with Crippen LogP contribution in [0.4, 0.5) is 51.2 Å². The summed E-state index contributed by atoms with van der Waals surface area (Å²) in [6.07, 6.45) is 0. The molecule has 5 nitrogen and oxygen atoms in total. The molecular formula is C122H89B2N5. The summed E-state index contributed by atoms with van der Waals surface area (Å²) < 4.78 is 5.23. The van der Waals surface area contributed by atoms with Gasteiger partial charge >= 0.3 is 0 Å². The molecule has 0 atom stereocenters. The molecule has 608 valence electrons. The van der Waals surface area contributed by atoms with Crippen LogP contribution in [-0.4, -0.2) is 22.6 Å². The van der Waals surface area contributed by atoms with Crippen LogP contribution in [-0.2, 0) is 10.8 Å². The number of fused-ring (bicyclic) bond motifs is 18. The van der Waals surface area contributed by atoms with Crippen LogP contribution in [0.2, 0.25) is 0 Å². The second kappa shape index (κ2) is 29.5. The molecule has 2 aromatic heterocycles. The smallest absolute Gasteiger partial charge is 0.252 e. The number of benzene rings is 19. The molecule has 0 saturated heterocycles.